The van der Waals surface area contributed by atoms with Crippen LogP contribution in [-0.4, -0.2) is 70.8 Å². The minimum atomic E-state index is -2.15. The third kappa shape index (κ3) is 5.98. The second-order valence-electron chi connectivity index (χ2n) is 5.04. The van der Waals surface area contributed by atoms with Crippen molar-refractivity contribution < 1.29 is 34.2 Å². The third-order valence-electron chi connectivity index (χ3n) is 2.01. The fourth-order valence-electron chi connectivity index (χ4n) is 1.58. The van der Waals surface area contributed by atoms with E-state index in [1.165, 1.54) is 0 Å². The highest BCUT2D eigenvalue weighted by Crippen LogP contribution is 2.17. The zero-order chi connectivity index (χ0) is 13.9. The van der Waals surface area contributed by atoms with Gasteiger partial charge in [-0.3, -0.25) is 14.4 Å². The Morgan fingerprint density at radius 2 is 1.53 bits per heavy atom. The van der Waals surface area contributed by atoms with Crippen LogP contribution in [0.25, 0.3) is 0 Å². The van der Waals surface area contributed by atoms with Crippen LogP contribution in [0.3, 0.4) is 0 Å². The predicted octanol–water partition coefficient (Wildman–Crippen LogP) is -1.06. The highest BCUT2D eigenvalue weighted by molar-refractivity contribution is 6.01. The molecule has 0 rings (SSSR count). The highest BCUT2D eigenvalue weighted by Gasteiger charge is 2.43. The second kappa shape index (κ2) is 5.24. The van der Waals surface area contributed by atoms with Gasteiger partial charge in [0.25, 0.3) is 0 Å². The van der Waals surface area contributed by atoms with E-state index in [4.69, 9.17) is 10.2 Å². The molecule has 1 atom stereocenters. The highest BCUT2D eigenvalue weighted by atomic mass is 16.4. The topological polar surface area (TPSA) is 112 Å². The summed E-state index contributed by atoms with van der Waals surface area (Å²) in [6, 6.07) is 0. The average molecular weight is 248 g/mol. The lowest BCUT2D eigenvalue weighted by atomic mass is 9.91. The van der Waals surface area contributed by atoms with E-state index in [-0.39, 0.29) is 11.0 Å². The largest absolute Gasteiger partial charge is 0.481 e. The first kappa shape index (κ1) is 15.5. The van der Waals surface area contributed by atoms with Gasteiger partial charge < -0.3 is 19.8 Å². The number of nitrogens with zero attached hydrogens (tertiary/aromatic N) is 1. The molecular weight excluding hydrogens is 230 g/mol. The number of aliphatic hydroxyl groups is 1. The van der Waals surface area contributed by atoms with E-state index >= 15 is 0 Å². The molecular formula is C10H18NO6+. The van der Waals surface area contributed by atoms with Crippen molar-refractivity contribution in [1.29, 1.82) is 0 Å². The molecule has 0 radical (unpaired) electrons. The smallest absolute Gasteiger partial charge is 0.310 e. The molecule has 0 bridgehead atoms. The molecule has 0 amide bonds. The number of hydrogen-bond acceptors (Lipinski definition) is 4. The van der Waals surface area contributed by atoms with Crippen molar-refractivity contribution in [2.24, 2.45) is 0 Å². The molecule has 3 N–H and O–H groups in total. The quantitative estimate of drug-likeness (QED) is 0.391. The Labute approximate surface area is 98.9 Å². The van der Waals surface area contributed by atoms with E-state index in [2.05, 4.69) is 0 Å². The fourth-order valence-corrected chi connectivity index (χ4v) is 1.58. The summed E-state index contributed by atoms with van der Waals surface area (Å²) in [7, 11) is 5.00. The number of carbonyl (C=O) groups excluding carboxylic acids is 1. The lowest BCUT2D eigenvalue weighted by Crippen LogP contribution is -2.55. The average Bonchev–Trinajstić information content (AvgIpc) is 1.96. The maximum absolute atomic E-state index is 11.6. The van der Waals surface area contributed by atoms with Crippen LogP contribution < -0.4 is 0 Å². The second-order valence-corrected chi connectivity index (χ2v) is 5.04. The van der Waals surface area contributed by atoms with Crippen LogP contribution >= 0.6 is 0 Å². The minimum Gasteiger partial charge on any atom is -0.481 e. The summed E-state index contributed by atoms with van der Waals surface area (Å²) in [4.78, 5) is 32.6. The van der Waals surface area contributed by atoms with E-state index in [1.807, 2.05) is 0 Å². The molecule has 0 aliphatic heterocycles. The van der Waals surface area contributed by atoms with Gasteiger partial charge in [0.15, 0.2) is 11.4 Å². The number of aliphatic carboxylic acids is 2. The van der Waals surface area contributed by atoms with Crippen LogP contribution in [-0.2, 0) is 14.4 Å². The van der Waals surface area contributed by atoms with Gasteiger partial charge in [-0.1, -0.05) is 0 Å². The summed E-state index contributed by atoms with van der Waals surface area (Å²) in [5.74, 6) is -3.72. The monoisotopic (exact) mass is 248 g/mol. The normalized spacial score (nSPS) is 15.1. The number of Topliss-reactive ketones (excluding diaryl/α,β-unsaturated/α-hetero) is 1. The number of hydrogen-bond donors (Lipinski definition) is 3. The van der Waals surface area contributed by atoms with Crippen LogP contribution in [0.4, 0.5) is 0 Å². The van der Waals surface area contributed by atoms with Crippen molar-refractivity contribution in [3.63, 3.8) is 0 Å². The van der Waals surface area contributed by atoms with Gasteiger partial charge in [-0.05, 0) is 0 Å². The Hall–Kier alpha value is -1.47. The van der Waals surface area contributed by atoms with Crippen molar-refractivity contribution in [3.8, 4) is 0 Å². The Bertz CT molecular complexity index is 332. The van der Waals surface area contributed by atoms with Crippen molar-refractivity contribution in [3.05, 3.63) is 0 Å². The summed E-state index contributed by atoms with van der Waals surface area (Å²) < 4.78 is 0.148. The van der Waals surface area contributed by atoms with Crippen molar-refractivity contribution in [1.82, 2.24) is 0 Å². The van der Waals surface area contributed by atoms with E-state index < -0.39 is 36.2 Å². The summed E-state index contributed by atoms with van der Waals surface area (Å²) in [6.45, 7) is -0.161. The third-order valence-corrected chi connectivity index (χ3v) is 2.01. The lowest BCUT2D eigenvalue weighted by Gasteiger charge is -2.33. The Kier molecular flexibility index (Phi) is 4.79. The summed E-state index contributed by atoms with van der Waals surface area (Å²) in [5.41, 5.74) is -2.15. The van der Waals surface area contributed by atoms with Gasteiger partial charge in [-0.2, -0.15) is 0 Å². The molecule has 7 nitrogen and oxygen atoms in total. The van der Waals surface area contributed by atoms with Crippen molar-refractivity contribution >= 4 is 17.7 Å². The van der Waals surface area contributed by atoms with Gasteiger partial charge in [-0.15, -0.1) is 0 Å². The van der Waals surface area contributed by atoms with Gasteiger partial charge >= 0.3 is 11.9 Å². The first-order valence-electron chi connectivity index (χ1n) is 4.96. The standard InChI is InChI=1S/C10H17NO6/c1-11(2,3)6-10(17,5-9(15)16)7(12)4-8(13)14/h17H,4-6H2,1-3H3,(H-,13,14,15,16)/p+1. The molecule has 0 saturated carbocycles. The van der Waals surface area contributed by atoms with Gasteiger partial charge in [0.2, 0.25) is 0 Å². The first-order chi connectivity index (χ1) is 7.46. The number of carbonyl (C=O) groups is 3. The molecule has 0 heterocycles. The Morgan fingerprint density at radius 3 is 1.82 bits per heavy atom. The molecule has 17 heavy (non-hydrogen) atoms. The Balaban J connectivity index is 5.02. The summed E-state index contributed by atoms with van der Waals surface area (Å²) in [6.07, 6.45) is -1.68. The zero-order valence-electron chi connectivity index (χ0n) is 10.1. The zero-order valence-corrected chi connectivity index (χ0v) is 10.1. The van der Waals surface area contributed by atoms with Gasteiger partial charge in [0, 0.05) is 0 Å². The predicted molar refractivity (Wildman–Crippen MR) is 57.4 cm³/mol. The minimum absolute atomic E-state index is 0.148. The fraction of sp³-hybridized carbons (Fsp3) is 0.700. The maximum Gasteiger partial charge on any atom is 0.310 e. The van der Waals surface area contributed by atoms with Crippen LogP contribution in [0.2, 0.25) is 0 Å². The first-order valence-corrected chi connectivity index (χ1v) is 4.96. The number of ketones is 1. The molecule has 7 heteroatoms. The molecule has 0 aromatic carbocycles. The van der Waals surface area contributed by atoms with E-state index in [0.29, 0.717) is 0 Å². The van der Waals surface area contributed by atoms with E-state index in [0.717, 1.165) is 0 Å². The van der Waals surface area contributed by atoms with Crippen LogP contribution in [0.1, 0.15) is 12.8 Å². The number of carboxylic acid groups (broad SMARTS) is 2. The van der Waals surface area contributed by atoms with Crippen LogP contribution in [0.15, 0.2) is 0 Å². The van der Waals surface area contributed by atoms with Gasteiger partial charge in [0.05, 0.1) is 27.6 Å². The number of carboxylic acids is 2. The summed E-state index contributed by atoms with van der Waals surface area (Å²) >= 11 is 0. The van der Waals surface area contributed by atoms with Crippen LogP contribution in [0, 0.1) is 0 Å². The molecule has 1 unspecified atom stereocenters. The van der Waals surface area contributed by atoms with E-state index in [9.17, 15) is 19.5 Å². The van der Waals surface area contributed by atoms with Crippen molar-refractivity contribution in [2.75, 3.05) is 27.7 Å². The molecule has 0 aromatic rings. The maximum atomic E-state index is 11.6. The lowest BCUT2D eigenvalue weighted by molar-refractivity contribution is -0.875. The SMILES string of the molecule is C[N+](C)(C)CC(O)(CC(=O)O)C(=O)CC(=O)O. The molecule has 0 saturated heterocycles. The molecule has 98 valence electrons. The molecule has 0 aliphatic carbocycles. The number of likely N-dealkylation sites (N-methyl/N-ethyl adjacent to an activating group) is 1. The van der Waals surface area contributed by atoms with E-state index in [1.54, 1.807) is 21.1 Å². The van der Waals surface area contributed by atoms with Gasteiger partial charge in [-0.25, -0.2) is 0 Å². The summed E-state index contributed by atoms with van der Waals surface area (Å²) in [5, 5.41) is 27.2. The molecule has 0 spiro atoms. The molecule has 0 aliphatic rings. The van der Waals surface area contributed by atoms with Gasteiger partial charge in [0.1, 0.15) is 13.0 Å². The van der Waals surface area contributed by atoms with Crippen molar-refractivity contribution in [2.45, 2.75) is 18.4 Å². The number of rotatable bonds is 7. The Morgan fingerprint density at radius 1 is 1.06 bits per heavy atom. The van der Waals surface area contributed by atoms with Crippen LogP contribution in [0.5, 0.6) is 0 Å². The number of quaternary nitrogens is 1. The molecule has 0 aromatic heterocycles. The molecule has 0 fully saturated rings.